The minimum absolute atomic E-state index is 0. The molecule has 1 aliphatic heterocycles. The van der Waals surface area contributed by atoms with Crippen LogP contribution in [-0.2, 0) is 6.54 Å². The van der Waals surface area contributed by atoms with Crippen molar-refractivity contribution in [1.82, 2.24) is 20.0 Å². The monoisotopic (exact) mass is 408 g/mol. The van der Waals surface area contributed by atoms with Gasteiger partial charge in [-0.2, -0.15) is 5.10 Å². The number of carbonyl (C=O) groups excluding carboxylic acids is 1. The Morgan fingerprint density at radius 1 is 1.37 bits per heavy atom. The van der Waals surface area contributed by atoms with Crippen molar-refractivity contribution < 1.29 is 9.18 Å². The number of aryl methyl sites for hydroxylation is 1. The molecular formula is C19H22ClFN4OS. The molecule has 2 aromatic heterocycles. The van der Waals surface area contributed by atoms with Crippen LogP contribution in [0.3, 0.4) is 0 Å². The van der Waals surface area contributed by atoms with Crippen LogP contribution in [0.4, 0.5) is 4.39 Å². The topological polar surface area (TPSA) is 50.2 Å². The van der Waals surface area contributed by atoms with Crippen LogP contribution in [0.15, 0.2) is 30.3 Å². The molecule has 1 N–H and O–H groups in total. The number of benzene rings is 1. The zero-order chi connectivity index (χ0) is 18.3. The Morgan fingerprint density at radius 3 is 2.81 bits per heavy atom. The van der Waals surface area contributed by atoms with Gasteiger partial charge in [0.25, 0.3) is 5.91 Å². The zero-order valence-electron chi connectivity index (χ0n) is 15.2. The number of halogens is 2. The van der Waals surface area contributed by atoms with E-state index in [1.165, 1.54) is 23.5 Å². The molecule has 1 atom stereocenters. The van der Waals surface area contributed by atoms with Gasteiger partial charge in [-0.05, 0) is 37.6 Å². The van der Waals surface area contributed by atoms with Crippen LogP contribution in [0, 0.1) is 12.7 Å². The lowest BCUT2D eigenvalue weighted by atomic mass is 10.2. The summed E-state index contributed by atoms with van der Waals surface area (Å²) in [5, 5.41) is 8.92. The molecule has 1 saturated heterocycles. The van der Waals surface area contributed by atoms with Gasteiger partial charge in [0.2, 0.25) is 0 Å². The molecule has 0 saturated carbocycles. The third-order valence-corrected chi connectivity index (χ3v) is 5.96. The van der Waals surface area contributed by atoms with Gasteiger partial charge >= 0.3 is 0 Å². The molecule has 3 aromatic rings. The smallest absolute Gasteiger partial charge is 0.264 e. The van der Waals surface area contributed by atoms with E-state index in [1.54, 1.807) is 12.1 Å². The number of aromatic nitrogens is 2. The van der Waals surface area contributed by atoms with Gasteiger partial charge in [0.15, 0.2) is 0 Å². The standard InChI is InChI=1S/C19H21FN4OS.ClH/c1-12-10-21-7-8-23(12)18(25)17-9-16-13(2)22-24(19(16)26-17)11-14-3-5-15(20)6-4-14;/h3-6,9,12,21H,7-8,10-11H2,1-2H3;1H/t12-;/m1./s1. The Bertz CT molecular complexity index is 953. The highest BCUT2D eigenvalue weighted by Gasteiger charge is 2.26. The second kappa shape index (κ2) is 7.96. The Kier molecular flexibility index (Phi) is 5.83. The summed E-state index contributed by atoms with van der Waals surface area (Å²) < 4.78 is 15.0. The minimum atomic E-state index is -0.246. The summed E-state index contributed by atoms with van der Waals surface area (Å²) in [4.78, 5) is 16.6. The van der Waals surface area contributed by atoms with Crippen molar-refractivity contribution in [3.63, 3.8) is 0 Å². The van der Waals surface area contributed by atoms with Crippen LogP contribution >= 0.6 is 23.7 Å². The molecule has 4 rings (SSSR count). The fourth-order valence-electron chi connectivity index (χ4n) is 3.37. The third kappa shape index (κ3) is 3.85. The summed E-state index contributed by atoms with van der Waals surface area (Å²) in [5.41, 5.74) is 1.89. The summed E-state index contributed by atoms with van der Waals surface area (Å²) >= 11 is 1.49. The van der Waals surface area contributed by atoms with E-state index in [0.29, 0.717) is 6.54 Å². The van der Waals surface area contributed by atoms with E-state index in [2.05, 4.69) is 17.3 Å². The third-order valence-electron chi connectivity index (χ3n) is 4.83. The fraction of sp³-hybridized carbons (Fsp3) is 0.368. The molecule has 3 heterocycles. The van der Waals surface area contributed by atoms with E-state index in [-0.39, 0.29) is 30.2 Å². The van der Waals surface area contributed by atoms with E-state index in [9.17, 15) is 9.18 Å². The minimum Gasteiger partial charge on any atom is -0.333 e. The number of carbonyl (C=O) groups is 1. The first-order valence-electron chi connectivity index (χ1n) is 8.76. The van der Waals surface area contributed by atoms with Crippen LogP contribution in [0.25, 0.3) is 10.2 Å². The first kappa shape index (κ1) is 19.8. The molecule has 0 radical (unpaired) electrons. The van der Waals surface area contributed by atoms with Crippen LogP contribution in [0.5, 0.6) is 0 Å². The number of amides is 1. The molecule has 144 valence electrons. The number of nitrogens with one attached hydrogen (secondary N) is 1. The molecule has 1 aromatic carbocycles. The van der Waals surface area contributed by atoms with Gasteiger partial charge in [0, 0.05) is 31.1 Å². The van der Waals surface area contributed by atoms with Crippen molar-refractivity contribution >= 4 is 39.9 Å². The average Bonchev–Trinajstić information content (AvgIpc) is 3.19. The summed E-state index contributed by atoms with van der Waals surface area (Å²) in [5.74, 6) is -0.155. The van der Waals surface area contributed by atoms with Crippen LogP contribution in [0.2, 0.25) is 0 Å². The van der Waals surface area contributed by atoms with Crippen molar-refractivity contribution in [2.75, 3.05) is 19.6 Å². The Labute approximate surface area is 167 Å². The lowest BCUT2D eigenvalue weighted by molar-refractivity contribution is 0.0661. The summed E-state index contributed by atoms with van der Waals surface area (Å²) in [6, 6.07) is 8.59. The number of thiophene rings is 1. The van der Waals surface area contributed by atoms with Gasteiger partial charge in [-0.25, -0.2) is 4.39 Å². The normalized spacial score (nSPS) is 17.1. The first-order chi connectivity index (χ1) is 12.5. The van der Waals surface area contributed by atoms with E-state index >= 15 is 0 Å². The quantitative estimate of drug-likeness (QED) is 0.722. The number of rotatable bonds is 3. The number of fused-ring (bicyclic) bond motifs is 1. The van der Waals surface area contributed by atoms with E-state index in [1.807, 2.05) is 22.6 Å². The fourth-order valence-corrected chi connectivity index (χ4v) is 4.49. The van der Waals surface area contributed by atoms with Crippen molar-refractivity contribution in [3.8, 4) is 0 Å². The highest BCUT2D eigenvalue weighted by atomic mass is 35.5. The lowest BCUT2D eigenvalue weighted by Crippen LogP contribution is -2.52. The first-order valence-corrected chi connectivity index (χ1v) is 9.57. The highest BCUT2D eigenvalue weighted by Crippen LogP contribution is 2.30. The molecule has 0 bridgehead atoms. The van der Waals surface area contributed by atoms with Gasteiger partial charge in [-0.1, -0.05) is 12.1 Å². The van der Waals surface area contributed by atoms with Gasteiger partial charge in [-0.3, -0.25) is 9.48 Å². The molecule has 8 heteroatoms. The molecule has 0 unspecified atom stereocenters. The van der Waals surface area contributed by atoms with Crippen LogP contribution in [0.1, 0.15) is 27.9 Å². The number of nitrogens with zero attached hydrogens (tertiary/aromatic N) is 3. The summed E-state index contributed by atoms with van der Waals surface area (Å²) in [6.07, 6.45) is 0. The van der Waals surface area contributed by atoms with Gasteiger partial charge in [0.1, 0.15) is 10.6 Å². The Balaban J connectivity index is 0.00000210. The highest BCUT2D eigenvalue weighted by molar-refractivity contribution is 7.20. The van der Waals surface area contributed by atoms with Gasteiger partial charge < -0.3 is 10.2 Å². The second-order valence-electron chi connectivity index (χ2n) is 6.75. The largest absolute Gasteiger partial charge is 0.333 e. The average molecular weight is 409 g/mol. The molecule has 0 aliphatic carbocycles. The molecule has 27 heavy (non-hydrogen) atoms. The molecular weight excluding hydrogens is 387 g/mol. The van der Waals surface area contributed by atoms with E-state index < -0.39 is 0 Å². The molecule has 5 nitrogen and oxygen atoms in total. The molecule has 0 spiro atoms. The van der Waals surface area contributed by atoms with Crippen LogP contribution < -0.4 is 5.32 Å². The number of piperazine rings is 1. The van der Waals surface area contributed by atoms with Crippen molar-refractivity contribution in [1.29, 1.82) is 0 Å². The van der Waals surface area contributed by atoms with Crippen molar-refractivity contribution in [2.45, 2.75) is 26.4 Å². The molecule has 1 aliphatic rings. The number of hydrogen-bond donors (Lipinski definition) is 1. The van der Waals surface area contributed by atoms with Gasteiger partial charge in [0.05, 0.1) is 17.1 Å². The summed E-state index contributed by atoms with van der Waals surface area (Å²) in [7, 11) is 0. The zero-order valence-corrected chi connectivity index (χ0v) is 16.9. The predicted molar refractivity (Wildman–Crippen MR) is 108 cm³/mol. The van der Waals surface area contributed by atoms with Crippen molar-refractivity contribution in [2.24, 2.45) is 0 Å². The second-order valence-corrected chi connectivity index (χ2v) is 7.78. The lowest BCUT2D eigenvalue weighted by Gasteiger charge is -2.33. The number of hydrogen-bond acceptors (Lipinski definition) is 4. The summed E-state index contributed by atoms with van der Waals surface area (Å²) in [6.45, 7) is 6.97. The molecule has 1 fully saturated rings. The Hall–Kier alpha value is -1.96. The maximum absolute atomic E-state index is 13.1. The van der Waals surface area contributed by atoms with E-state index in [4.69, 9.17) is 0 Å². The SMILES string of the molecule is Cc1nn(Cc2ccc(F)cc2)c2sc(C(=O)N3CCNC[C@H]3C)cc12.Cl. The van der Waals surface area contributed by atoms with E-state index in [0.717, 1.165) is 46.0 Å². The maximum atomic E-state index is 13.1. The Morgan fingerprint density at radius 2 is 2.11 bits per heavy atom. The van der Waals surface area contributed by atoms with Crippen molar-refractivity contribution in [3.05, 3.63) is 52.3 Å². The van der Waals surface area contributed by atoms with Crippen LogP contribution in [-0.4, -0.2) is 46.3 Å². The molecule has 1 amide bonds. The maximum Gasteiger partial charge on any atom is 0.264 e. The van der Waals surface area contributed by atoms with Gasteiger partial charge in [-0.15, -0.1) is 23.7 Å². The predicted octanol–water partition coefficient (Wildman–Crippen LogP) is 3.45.